The Morgan fingerprint density at radius 1 is 1.03 bits per heavy atom. The van der Waals surface area contributed by atoms with Crippen molar-refractivity contribution >= 4 is 23.0 Å². The maximum Gasteiger partial charge on any atom is 0.280 e. The molecule has 0 aromatic heterocycles. The van der Waals surface area contributed by atoms with Crippen LogP contribution in [0.2, 0.25) is 0 Å². The molecule has 7 heteroatoms. The van der Waals surface area contributed by atoms with Crippen LogP contribution in [0.5, 0.6) is 5.75 Å². The summed E-state index contributed by atoms with van der Waals surface area (Å²) >= 11 is 0. The molecule has 1 atom stereocenters. The van der Waals surface area contributed by atoms with Gasteiger partial charge >= 0.3 is 0 Å². The van der Waals surface area contributed by atoms with Crippen LogP contribution in [-0.2, 0) is 5.41 Å². The lowest BCUT2D eigenvalue weighted by atomic mass is 9.87. The Hall–Kier alpha value is -3.87. The van der Waals surface area contributed by atoms with Crippen molar-refractivity contribution in [1.82, 2.24) is 0 Å². The Bertz CT molecular complexity index is 1180. The third kappa shape index (κ3) is 3.77. The van der Waals surface area contributed by atoms with Gasteiger partial charge in [-0.05, 0) is 47.4 Å². The van der Waals surface area contributed by atoms with Gasteiger partial charge in [-0.15, -0.1) is 0 Å². The molecule has 4 rings (SSSR count). The highest BCUT2D eigenvalue weighted by Crippen LogP contribution is 2.40. The molecule has 1 unspecified atom stereocenters. The zero-order valence-corrected chi connectivity index (χ0v) is 18.5. The number of carbonyl (C=O) groups is 1. The third-order valence-corrected chi connectivity index (χ3v) is 5.67. The number of nitrogens with zero attached hydrogens (tertiary/aromatic N) is 2. The number of carbonyl (C=O) groups excluding carboxylic acids is 1. The minimum absolute atomic E-state index is 0.0382. The van der Waals surface area contributed by atoms with Gasteiger partial charge in [-0.2, -0.15) is 0 Å². The number of anilines is 2. The molecule has 0 aliphatic carbocycles. The number of nitro groups is 1. The van der Waals surface area contributed by atoms with E-state index < -0.39 is 11.1 Å². The molecule has 1 aliphatic rings. The monoisotopic (exact) mass is 431 g/mol. The summed E-state index contributed by atoms with van der Waals surface area (Å²) < 4.78 is 5.18. The maximum absolute atomic E-state index is 13.6. The van der Waals surface area contributed by atoms with Crippen LogP contribution in [0.1, 0.15) is 48.4 Å². The van der Waals surface area contributed by atoms with Crippen LogP contribution in [0.3, 0.4) is 0 Å². The van der Waals surface area contributed by atoms with Crippen LogP contribution < -0.4 is 15.0 Å². The standard InChI is InChI=1S/C25H25N3O4/c1-25(2,3)16-9-11-17(12-10-16)27-23(26-21-8-6-5-7-19(21)24(27)29)20-14-13-18(32-4)15-22(20)28(30)31/h5-15,23,26H,1-4H3. The zero-order valence-electron chi connectivity index (χ0n) is 18.5. The van der Waals surface area contributed by atoms with Crippen LogP contribution in [0.4, 0.5) is 17.1 Å². The first-order valence-corrected chi connectivity index (χ1v) is 10.3. The number of ether oxygens (including phenoxy) is 1. The van der Waals surface area contributed by atoms with Gasteiger partial charge in [-0.25, -0.2) is 0 Å². The summed E-state index contributed by atoms with van der Waals surface area (Å²) in [5.74, 6) is 0.155. The van der Waals surface area contributed by atoms with Gasteiger partial charge in [-0.1, -0.05) is 45.0 Å². The molecule has 3 aromatic rings. The summed E-state index contributed by atoms with van der Waals surface area (Å²) in [6.07, 6.45) is -0.760. The van der Waals surface area contributed by atoms with E-state index in [2.05, 4.69) is 26.1 Å². The van der Waals surface area contributed by atoms with Crippen LogP contribution >= 0.6 is 0 Å². The SMILES string of the molecule is COc1ccc(C2Nc3ccccc3C(=O)N2c2ccc(C(C)(C)C)cc2)c([N+](=O)[O-])c1. The number of fused-ring (bicyclic) bond motifs is 1. The first-order valence-electron chi connectivity index (χ1n) is 10.3. The Kier molecular flexibility index (Phi) is 5.34. The molecule has 1 heterocycles. The second-order valence-electron chi connectivity index (χ2n) is 8.75. The van der Waals surface area contributed by atoms with Gasteiger partial charge in [0.2, 0.25) is 0 Å². The Morgan fingerprint density at radius 3 is 2.34 bits per heavy atom. The molecule has 1 amide bonds. The van der Waals surface area contributed by atoms with Gasteiger partial charge in [0.25, 0.3) is 11.6 Å². The fourth-order valence-corrected chi connectivity index (χ4v) is 3.90. The van der Waals surface area contributed by atoms with Crippen molar-refractivity contribution in [2.24, 2.45) is 0 Å². The summed E-state index contributed by atoms with van der Waals surface area (Å²) in [6, 6.07) is 19.6. The molecule has 1 aliphatic heterocycles. The highest BCUT2D eigenvalue weighted by atomic mass is 16.6. The van der Waals surface area contributed by atoms with Gasteiger partial charge in [0, 0.05) is 11.4 Å². The van der Waals surface area contributed by atoms with E-state index in [1.165, 1.54) is 13.2 Å². The van der Waals surface area contributed by atoms with Gasteiger partial charge in [0.15, 0.2) is 0 Å². The highest BCUT2D eigenvalue weighted by Gasteiger charge is 2.37. The van der Waals surface area contributed by atoms with E-state index in [9.17, 15) is 14.9 Å². The van der Waals surface area contributed by atoms with Crippen molar-refractivity contribution in [3.05, 3.63) is 93.5 Å². The lowest BCUT2D eigenvalue weighted by molar-refractivity contribution is -0.385. The molecule has 0 bridgehead atoms. The Labute approximate surface area is 186 Å². The molecule has 0 radical (unpaired) electrons. The smallest absolute Gasteiger partial charge is 0.280 e. The number of nitro benzene ring substituents is 1. The number of nitrogens with one attached hydrogen (secondary N) is 1. The predicted molar refractivity (Wildman–Crippen MR) is 124 cm³/mol. The van der Waals surface area contributed by atoms with Gasteiger partial charge in [0.1, 0.15) is 11.9 Å². The summed E-state index contributed by atoms with van der Waals surface area (Å²) in [5, 5.41) is 15.2. The summed E-state index contributed by atoms with van der Waals surface area (Å²) in [4.78, 5) is 26.6. The lowest BCUT2D eigenvalue weighted by Crippen LogP contribution is -2.43. The van der Waals surface area contributed by atoms with Crippen LogP contribution in [-0.4, -0.2) is 17.9 Å². The van der Waals surface area contributed by atoms with Crippen molar-refractivity contribution in [3.8, 4) is 5.75 Å². The van der Waals surface area contributed by atoms with Crippen molar-refractivity contribution in [2.75, 3.05) is 17.3 Å². The largest absolute Gasteiger partial charge is 0.497 e. The van der Waals surface area contributed by atoms with E-state index >= 15 is 0 Å². The summed E-state index contributed by atoms with van der Waals surface area (Å²) in [6.45, 7) is 6.36. The topological polar surface area (TPSA) is 84.7 Å². The number of para-hydroxylation sites is 1. The molecule has 32 heavy (non-hydrogen) atoms. The van der Waals surface area contributed by atoms with Crippen LogP contribution in [0, 0.1) is 10.1 Å². The third-order valence-electron chi connectivity index (χ3n) is 5.67. The molecule has 3 aromatic carbocycles. The average Bonchev–Trinajstić information content (AvgIpc) is 2.78. The zero-order chi connectivity index (χ0) is 23.0. The van der Waals surface area contributed by atoms with Crippen molar-refractivity contribution < 1.29 is 14.5 Å². The molecule has 0 spiro atoms. The number of hydrogen-bond acceptors (Lipinski definition) is 5. The van der Waals surface area contributed by atoms with E-state index in [1.54, 1.807) is 35.2 Å². The summed E-state index contributed by atoms with van der Waals surface area (Å²) in [5.41, 5.74) is 3.15. The average molecular weight is 431 g/mol. The molecular weight excluding hydrogens is 406 g/mol. The minimum Gasteiger partial charge on any atom is -0.497 e. The Balaban J connectivity index is 1.88. The molecule has 0 fully saturated rings. The Morgan fingerprint density at radius 2 is 1.72 bits per heavy atom. The van der Waals surface area contributed by atoms with Crippen LogP contribution in [0.25, 0.3) is 0 Å². The van der Waals surface area contributed by atoms with Crippen molar-refractivity contribution in [3.63, 3.8) is 0 Å². The van der Waals surface area contributed by atoms with Crippen molar-refractivity contribution in [1.29, 1.82) is 0 Å². The number of benzene rings is 3. The highest BCUT2D eigenvalue weighted by molar-refractivity contribution is 6.12. The lowest BCUT2D eigenvalue weighted by Gasteiger charge is -2.38. The quantitative estimate of drug-likeness (QED) is 0.425. The summed E-state index contributed by atoms with van der Waals surface area (Å²) in [7, 11) is 1.46. The molecule has 1 N–H and O–H groups in total. The number of rotatable bonds is 4. The van der Waals surface area contributed by atoms with Crippen molar-refractivity contribution in [2.45, 2.75) is 32.4 Å². The van der Waals surface area contributed by atoms with E-state index in [-0.39, 0.29) is 17.0 Å². The van der Waals surface area contributed by atoms with E-state index in [0.29, 0.717) is 28.3 Å². The van der Waals surface area contributed by atoms with Gasteiger partial charge < -0.3 is 10.1 Å². The maximum atomic E-state index is 13.6. The number of methoxy groups -OCH3 is 1. The molecule has 7 nitrogen and oxygen atoms in total. The first-order chi connectivity index (χ1) is 15.2. The van der Waals surface area contributed by atoms with E-state index in [1.807, 2.05) is 30.3 Å². The first kappa shape index (κ1) is 21.4. The second kappa shape index (κ2) is 8.00. The fraction of sp³-hybridized carbons (Fsp3) is 0.240. The van der Waals surface area contributed by atoms with E-state index in [4.69, 9.17) is 4.74 Å². The molecule has 164 valence electrons. The second-order valence-corrected chi connectivity index (χ2v) is 8.75. The minimum atomic E-state index is -0.760. The number of amides is 1. The van der Waals surface area contributed by atoms with Crippen LogP contribution in [0.15, 0.2) is 66.7 Å². The molecule has 0 saturated carbocycles. The molecule has 0 saturated heterocycles. The van der Waals surface area contributed by atoms with Gasteiger partial charge in [0.05, 0.1) is 29.2 Å². The predicted octanol–water partition coefficient (Wildman–Crippen LogP) is 5.67. The number of hydrogen-bond donors (Lipinski definition) is 1. The fourth-order valence-electron chi connectivity index (χ4n) is 3.90. The van der Waals surface area contributed by atoms with E-state index in [0.717, 1.165) is 5.56 Å². The van der Waals surface area contributed by atoms with Gasteiger partial charge in [-0.3, -0.25) is 19.8 Å². The normalized spacial score (nSPS) is 15.7. The molecular formula is C25H25N3O4.